The van der Waals surface area contributed by atoms with Crippen LogP contribution in [0.4, 0.5) is 0 Å². The van der Waals surface area contributed by atoms with Gasteiger partial charge in [-0.15, -0.1) is 0 Å². The summed E-state index contributed by atoms with van der Waals surface area (Å²) in [5.74, 6) is -0.185. The summed E-state index contributed by atoms with van der Waals surface area (Å²) < 4.78 is 34.8. The van der Waals surface area contributed by atoms with Gasteiger partial charge in [0.2, 0.25) is 0 Å². The number of benzene rings is 1. The second kappa shape index (κ2) is 6.39. The van der Waals surface area contributed by atoms with Crippen LogP contribution in [0, 0.1) is 26.7 Å². The van der Waals surface area contributed by atoms with Crippen molar-refractivity contribution < 1.29 is 22.1 Å². The first kappa shape index (κ1) is 18.9. The summed E-state index contributed by atoms with van der Waals surface area (Å²) in [5, 5.41) is 2.98. The van der Waals surface area contributed by atoms with Gasteiger partial charge in [-0.25, -0.2) is 0 Å². The van der Waals surface area contributed by atoms with Gasteiger partial charge in [-0.1, -0.05) is 17.7 Å². The molecule has 0 spiro atoms. The van der Waals surface area contributed by atoms with Gasteiger partial charge in [0.1, 0.15) is 5.54 Å². The predicted molar refractivity (Wildman–Crippen MR) is 99.0 cm³/mol. The molecule has 0 aliphatic carbocycles. The molecule has 0 bridgehead atoms. The number of nitrogens with one attached hydrogen (secondary N) is 1. The Bertz CT molecular complexity index is 873. The Kier molecular flexibility index (Phi) is 4.65. The van der Waals surface area contributed by atoms with E-state index in [1.54, 1.807) is 0 Å². The van der Waals surface area contributed by atoms with Crippen molar-refractivity contribution in [3.63, 3.8) is 0 Å². The van der Waals surface area contributed by atoms with Crippen LogP contribution >= 0.6 is 0 Å². The molecule has 6 nitrogen and oxygen atoms in total. The van der Waals surface area contributed by atoms with Gasteiger partial charge in [-0.3, -0.25) is 4.79 Å². The molecule has 0 aromatic heterocycles. The van der Waals surface area contributed by atoms with Gasteiger partial charge < -0.3 is 14.2 Å². The van der Waals surface area contributed by atoms with Crippen LogP contribution in [0.1, 0.15) is 35.6 Å². The SMILES string of the molecule is Cc1cc(C)c(C2=C(OS(C)(=O)=O)C(C)(C3CCOC3)NC2=O)c(C)c1. The van der Waals surface area contributed by atoms with Crippen LogP contribution < -0.4 is 5.32 Å². The Labute approximate surface area is 154 Å². The minimum absolute atomic E-state index is 0.0493. The smallest absolute Gasteiger partial charge is 0.306 e. The molecular weight excluding hydrogens is 354 g/mol. The van der Waals surface area contributed by atoms with E-state index in [1.807, 2.05) is 39.8 Å². The summed E-state index contributed by atoms with van der Waals surface area (Å²) in [6, 6.07) is 3.96. The number of ether oxygens (including phenoxy) is 1. The van der Waals surface area contributed by atoms with Crippen LogP contribution in [0.5, 0.6) is 0 Å². The van der Waals surface area contributed by atoms with E-state index in [4.69, 9.17) is 8.92 Å². The van der Waals surface area contributed by atoms with Gasteiger partial charge in [0.25, 0.3) is 5.91 Å². The average molecular weight is 379 g/mol. The molecule has 0 saturated carbocycles. The van der Waals surface area contributed by atoms with E-state index in [0.717, 1.165) is 34.9 Å². The molecule has 1 aromatic rings. The standard InChI is InChI=1S/C19H25NO5S/c1-11-8-12(2)15(13(3)9-11)16-17(25-26(5,22)23)19(4,20-18(16)21)14-6-7-24-10-14/h8-9,14H,6-7,10H2,1-5H3,(H,20,21). The van der Waals surface area contributed by atoms with E-state index in [1.165, 1.54) is 0 Å². The van der Waals surface area contributed by atoms with Crippen LogP contribution in [-0.2, 0) is 23.8 Å². The van der Waals surface area contributed by atoms with Crippen molar-refractivity contribution in [2.45, 2.75) is 39.7 Å². The molecule has 1 aromatic carbocycles. The summed E-state index contributed by atoms with van der Waals surface area (Å²) in [7, 11) is -3.80. The zero-order valence-electron chi connectivity index (χ0n) is 15.8. The molecule has 0 radical (unpaired) electrons. The topological polar surface area (TPSA) is 81.7 Å². The van der Waals surface area contributed by atoms with Crippen LogP contribution in [0.2, 0.25) is 0 Å². The molecule has 2 aliphatic heterocycles. The van der Waals surface area contributed by atoms with Crippen molar-refractivity contribution in [2.24, 2.45) is 5.92 Å². The van der Waals surface area contributed by atoms with Gasteiger partial charge in [-0.2, -0.15) is 8.42 Å². The molecule has 7 heteroatoms. The van der Waals surface area contributed by atoms with Crippen molar-refractivity contribution in [1.29, 1.82) is 0 Å². The van der Waals surface area contributed by atoms with Crippen molar-refractivity contribution in [3.05, 3.63) is 40.1 Å². The third-order valence-corrected chi connectivity index (χ3v) is 5.68. The average Bonchev–Trinajstić information content (AvgIpc) is 3.08. The van der Waals surface area contributed by atoms with Crippen molar-refractivity contribution in [1.82, 2.24) is 5.32 Å². The van der Waals surface area contributed by atoms with E-state index >= 15 is 0 Å². The Morgan fingerprint density at radius 1 is 1.23 bits per heavy atom. The highest BCUT2D eigenvalue weighted by atomic mass is 32.2. The van der Waals surface area contributed by atoms with E-state index in [-0.39, 0.29) is 17.6 Å². The summed E-state index contributed by atoms with van der Waals surface area (Å²) in [4.78, 5) is 12.9. The van der Waals surface area contributed by atoms with Gasteiger partial charge >= 0.3 is 10.1 Å². The first-order chi connectivity index (χ1) is 12.0. The highest BCUT2D eigenvalue weighted by molar-refractivity contribution is 7.86. The molecule has 1 amide bonds. The minimum atomic E-state index is -3.80. The van der Waals surface area contributed by atoms with Crippen molar-refractivity contribution in [3.8, 4) is 0 Å². The quantitative estimate of drug-likeness (QED) is 0.812. The summed E-state index contributed by atoms with van der Waals surface area (Å²) >= 11 is 0. The number of hydrogen-bond donors (Lipinski definition) is 1. The minimum Gasteiger partial charge on any atom is -0.384 e. The molecule has 1 saturated heterocycles. The molecular formula is C19H25NO5S. The maximum absolute atomic E-state index is 12.9. The lowest BCUT2D eigenvalue weighted by atomic mass is 9.82. The normalized spacial score (nSPS) is 26.3. The number of aryl methyl sites for hydroxylation is 3. The van der Waals surface area contributed by atoms with E-state index in [9.17, 15) is 13.2 Å². The van der Waals surface area contributed by atoms with Crippen LogP contribution in [0.3, 0.4) is 0 Å². The van der Waals surface area contributed by atoms with Gasteiger partial charge in [0.15, 0.2) is 5.76 Å². The third kappa shape index (κ3) is 3.25. The van der Waals surface area contributed by atoms with Crippen LogP contribution in [0.15, 0.2) is 17.9 Å². The Balaban J connectivity index is 2.26. The van der Waals surface area contributed by atoms with Gasteiger partial charge in [-0.05, 0) is 50.8 Å². The molecule has 2 atom stereocenters. The maximum Gasteiger partial charge on any atom is 0.306 e. The highest BCUT2D eigenvalue weighted by Gasteiger charge is 2.51. The predicted octanol–water partition coefficient (Wildman–Crippen LogP) is 2.22. The molecule has 26 heavy (non-hydrogen) atoms. The van der Waals surface area contributed by atoms with Crippen molar-refractivity contribution in [2.75, 3.05) is 19.5 Å². The Morgan fingerprint density at radius 2 is 1.85 bits per heavy atom. The zero-order valence-corrected chi connectivity index (χ0v) is 16.6. The largest absolute Gasteiger partial charge is 0.384 e. The van der Waals surface area contributed by atoms with Crippen LogP contribution in [-0.4, -0.2) is 39.3 Å². The molecule has 1 N–H and O–H groups in total. The second-order valence-electron chi connectivity index (χ2n) is 7.48. The monoisotopic (exact) mass is 379 g/mol. The van der Waals surface area contributed by atoms with E-state index in [0.29, 0.717) is 18.8 Å². The number of amides is 1. The van der Waals surface area contributed by atoms with Gasteiger partial charge in [0.05, 0.1) is 18.4 Å². The number of carbonyl (C=O) groups excluding carboxylic acids is 1. The third-order valence-electron chi connectivity index (χ3n) is 5.21. The summed E-state index contributed by atoms with van der Waals surface area (Å²) in [6.45, 7) is 8.67. The molecule has 2 unspecified atom stereocenters. The maximum atomic E-state index is 12.9. The number of hydrogen-bond acceptors (Lipinski definition) is 5. The number of carbonyl (C=O) groups is 1. The zero-order chi connectivity index (χ0) is 19.3. The molecule has 2 aliphatic rings. The van der Waals surface area contributed by atoms with Crippen LogP contribution in [0.25, 0.3) is 5.57 Å². The summed E-state index contributed by atoms with van der Waals surface area (Å²) in [5.41, 5.74) is 3.02. The lowest BCUT2D eigenvalue weighted by Gasteiger charge is -2.32. The highest BCUT2D eigenvalue weighted by Crippen LogP contribution is 2.43. The Hall–Kier alpha value is -1.86. The fourth-order valence-corrected chi connectivity index (χ4v) is 4.64. The van der Waals surface area contributed by atoms with E-state index in [2.05, 4.69) is 5.32 Å². The molecule has 1 fully saturated rings. The Morgan fingerprint density at radius 3 is 2.35 bits per heavy atom. The fourth-order valence-electron chi connectivity index (χ4n) is 4.08. The first-order valence-electron chi connectivity index (χ1n) is 8.65. The second-order valence-corrected chi connectivity index (χ2v) is 9.06. The molecule has 142 valence electrons. The fraction of sp³-hybridized carbons (Fsp3) is 0.526. The lowest BCUT2D eigenvalue weighted by molar-refractivity contribution is -0.116. The number of rotatable bonds is 4. The first-order valence-corrected chi connectivity index (χ1v) is 10.5. The summed E-state index contributed by atoms with van der Waals surface area (Å²) in [6.07, 6.45) is 1.73. The van der Waals surface area contributed by atoms with E-state index < -0.39 is 15.7 Å². The lowest BCUT2D eigenvalue weighted by Crippen LogP contribution is -2.49. The van der Waals surface area contributed by atoms with Crippen molar-refractivity contribution >= 4 is 21.6 Å². The molecule has 2 heterocycles. The molecule has 3 rings (SSSR count). The van der Waals surface area contributed by atoms with Gasteiger partial charge in [0, 0.05) is 12.5 Å².